The third-order valence-corrected chi connectivity index (χ3v) is 4.22. The Morgan fingerprint density at radius 1 is 1.20 bits per heavy atom. The van der Waals surface area contributed by atoms with Crippen LogP contribution in [-0.2, 0) is 0 Å². The van der Waals surface area contributed by atoms with Gasteiger partial charge in [0, 0.05) is 29.2 Å². The maximum atomic E-state index is 12.5. The molecule has 3 rings (SSSR count). The normalized spacial score (nSPS) is 23.4. The Kier molecular flexibility index (Phi) is 3.74. The van der Waals surface area contributed by atoms with Crippen LogP contribution in [-0.4, -0.2) is 23.0 Å². The standard InChI is InChI=1S/C16H21N3O/c17-13-7-2-1-3-9-15(13)19-16(20)12-10-18-14-8-5-4-6-11(12)14/h4-6,8,10,13,15,18H,1-3,7,9,17H2,(H,19,20). The van der Waals surface area contributed by atoms with Crippen molar-refractivity contribution in [1.82, 2.24) is 10.3 Å². The van der Waals surface area contributed by atoms with Gasteiger partial charge in [-0.15, -0.1) is 0 Å². The molecule has 0 bridgehead atoms. The van der Waals surface area contributed by atoms with Crippen LogP contribution >= 0.6 is 0 Å². The Balaban J connectivity index is 1.78. The Labute approximate surface area is 118 Å². The molecule has 4 nitrogen and oxygen atoms in total. The van der Waals surface area contributed by atoms with Crippen LogP contribution in [0.1, 0.15) is 42.5 Å². The topological polar surface area (TPSA) is 70.9 Å². The minimum absolute atomic E-state index is 0.0233. The van der Waals surface area contributed by atoms with Gasteiger partial charge in [-0.05, 0) is 18.9 Å². The van der Waals surface area contributed by atoms with Gasteiger partial charge in [0.2, 0.25) is 0 Å². The number of amides is 1. The highest BCUT2D eigenvalue weighted by atomic mass is 16.1. The number of hydrogen-bond donors (Lipinski definition) is 3. The molecule has 1 saturated carbocycles. The molecule has 4 N–H and O–H groups in total. The number of hydrogen-bond acceptors (Lipinski definition) is 2. The van der Waals surface area contributed by atoms with Crippen molar-refractivity contribution in [3.05, 3.63) is 36.0 Å². The Bertz CT molecular complexity index is 605. The summed E-state index contributed by atoms with van der Waals surface area (Å²) in [4.78, 5) is 15.6. The van der Waals surface area contributed by atoms with Crippen molar-refractivity contribution in [3.8, 4) is 0 Å². The van der Waals surface area contributed by atoms with Crippen LogP contribution in [0.3, 0.4) is 0 Å². The van der Waals surface area contributed by atoms with Gasteiger partial charge in [0.1, 0.15) is 0 Å². The summed E-state index contributed by atoms with van der Waals surface area (Å²) in [6.07, 6.45) is 7.29. The fourth-order valence-corrected chi connectivity index (χ4v) is 3.02. The Morgan fingerprint density at radius 3 is 2.90 bits per heavy atom. The molecule has 2 aromatic rings. The monoisotopic (exact) mass is 271 g/mol. The highest BCUT2D eigenvalue weighted by molar-refractivity contribution is 6.06. The van der Waals surface area contributed by atoms with Crippen LogP contribution in [0.4, 0.5) is 0 Å². The van der Waals surface area contributed by atoms with Gasteiger partial charge in [-0.2, -0.15) is 0 Å². The number of carbonyl (C=O) groups is 1. The van der Waals surface area contributed by atoms with Gasteiger partial charge < -0.3 is 16.0 Å². The van der Waals surface area contributed by atoms with E-state index in [2.05, 4.69) is 10.3 Å². The average molecular weight is 271 g/mol. The number of para-hydroxylation sites is 1. The first-order valence-electron chi connectivity index (χ1n) is 7.38. The molecule has 1 aromatic heterocycles. The number of aromatic amines is 1. The summed E-state index contributed by atoms with van der Waals surface area (Å²) < 4.78 is 0. The lowest BCUT2D eigenvalue weighted by molar-refractivity contribution is 0.0930. The van der Waals surface area contributed by atoms with Crippen molar-refractivity contribution in [2.24, 2.45) is 5.73 Å². The second-order valence-corrected chi connectivity index (χ2v) is 5.63. The number of rotatable bonds is 2. The number of nitrogens with two attached hydrogens (primary N) is 1. The zero-order valence-corrected chi connectivity index (χ0v) is 11.6. The highest BCUT2D eigenvalue weighted by Crippen LogP contribution is 2.20. The van der Waals surface area contributed by atoms with Gasteiger partial charge in [0.25, 0.3) is 5.91 Å². The summed E-state index contributed by atoms with van der Waals surface area (Å²) in [5, 5.41) is 4.08. The van der Waals surface area contributed by atoms with E-state index >= 15 is 0 Å². The summed E-state index contributed by atoms with van der Waals surface area (Å²) in [6, 6.07) is 8.02. The maximum Gasteiger partial charge on any atom is 0.253 e. The van der Waals surface area contributed by atoms with Crippen molar-refractivity contribution in [3.63, 3.8) is 0 Å². The lowest BCUT2D eigenvalue weighted by Gasteiger charge is -2.22. The average Bonchev–Trinajstić information content (AvgIpc) is 2.79. The van der Waals surface area contributed by atoms with E-state index in [1.807, 2.05) is 24.3 Å². The van der Waals surface area contributed by atoms with Crippen LogP contribution in [0.25, 0.3) is 10.9 Å². The summed E-state index contributed by atoms with van der Waals surface area (Å²) in [7, 11) is 0. The molecule has 1 amide bonds. The van der Waals surface area contributed by atoms with Crippen molar-refractivity contribution in [2.45, 2.75) is 44.2 Å². The summed E-state index contributed by atoms with van der Waals surface area (Å²) in [6.45, 7) is 0. The zero-order chi connectivity index (χ0) is 13.9. The third-order valence-electron chi connectivity index (χ3n) is 4.22. The molecule has 2 unspecified atom stereocenters. The second kappa shape index (κ2) is 5.67. The van der Waals surface area contributed by atoms with Crippen LogP contribution in [0.15, 0.2) is 30.5 Å². The first-order chi connectivity index (χ1) is 9.75. The number of nitrogens with one attached hydrogen (secondary N) is 2. The highest BCUT2D eigenvalue weighted by Gasteiger charge is 2.23. The number of aromatic nitrogens is 1. The molecule has 1 aromatic carbocycles. The Morgan fingerprint density at radius 2 is 2.00 bits per heavy atom. The summed E-state index contributed by atoms with van der Waals surface area (Å²) in [5.74, 6) is -0.0233. The number of fused-ring (bicyclic) bond motifs is 1. The second-order valence-electron chi connectivity index (χ2n) is 5.63. The molecule has 4 heteroatoms. The fraction of sp³-hybridized carbons (Fsp3) is 0.438. The molecular weight excluding hydrogens is 250 g/mol. The van der Waals surface area contributed by atoms with Crippen molar-refractivity contribution >= 4 is 16.8 Å². The van der Waals surface area contributed by atoms with Gasteiger partial charge >= 0.3 is 0 Å². The van der Waals surface area contributed by atoms with E-state index in [1.54, 1.807) is 6.20 Å². The van der Waals surface area contributed by atoms with Gasteiger partial charge in [-0.25, -0.2) is 0 Å². The molecule has 1 aliphatic carbocycles. The SMILES string of the molecule is NC1CCCCCC1NC(=O)c1c[nH]c2ccccc12. The van der Waals surface area contributed by atoms with E-state index in [4.69, 9.17) is 5.73 Å². The van der Waals surface area contributed by atoms with Gasteiger partial charge in [-0.1, -0.05) is 37.5 Å². The lowest BCUT2D eigenvalue weighted by Crippen LogP contribution is -2.46. The molecule has 106 valence electrons. The smallest absolute Gasteiger partial charge is 0.253 e. The van der Waals surface area contributed by atoms with Crippen LogP contribution in [0.5, 0.6) is 0 Å². The predicted molar refractivity (Wildman–Crippen MR) is 80.6 cm³/mol. The van der Waals surface area contributed by atoms with E-state index in [0.717, 1.165) is 30.2 Å². The van der Waals surface area contributed by atoms with E-state index in [-0.39, 0.29) is 18.0 Å². The van der Waals surface area contributed by atoms with E-state index in [0.29, 0.717) is 5.56 Å². The first-order valence-corrected chi connectivity index (χ1v) is 7.38. The molecule has 2 atom stereocenters. The van der Waals surface area contributed by atoms with Crippen LogP contribution in [0, 0.1) is 0 Å². The van der Waals surface area contributed by atoms with Crippen molar-refractivity contribution < 1.29 is 4.79 Å². The number of benzene rings is 1. The van der Waals surface area contributed by atoms with Gasteiger partial charge in [0.05, 0.1) is 5.56 Å². The number of carbonyl (C=O) groups excluding carboxylic acids is 1. The number of H-pyrrole nitrogens is 1. The minimum atomic E-state index is -0.0233. The van der Waals surface area contributed by atoms with Crippen LogP contribution < -0.4 is 11.1 Å². The largest absolute Gasteiger partial charge is 0.360 e. The first kappa shape index (κ1) is 13.2. The van der Waals surface area contributed by atoms with Crippen molar-refractivity contribution in [2.75, 3.05) is 0 Å². The molecule has 0 aliphatic heterocycles. The Hall–Kier alpha value is -1.81. The summed E-state index contributed by atoms with van der Waals surface area (Å²) in [5.41, 5.74) is 7.87. The molecule has 1 aliphatic rings. The van der Waals surface area contributed by atoms with E-state index in [9.17, 15) is 4.79 Å². The molecule has 1 fully saturated rings. The molecule has 0 saturated heterocycles. The fourth-order valence-electron chi connectivity index (χ4n) is 3.02. The molecule has 0 radical (unpaired) electrons. The maximum absolute atomic E-state index is 12.5. The molecule has 0 spiro atoms. The third kappa shape index (κ3) is 2.56. The zero-order valence-electron chi connectivity index (χ0n) is 11.6. The van der Waals surface area contributed by atoms with Crippen molar-refractivity contribution in [1.29, 1.82) is 0 Å². The van der Waals surface area contributed by atoms with Gasteiger partial charge in [-0.3, -0.25) is 4.79 Å². The van der Waals surface area contributed by atoms with Crippen LogP contribution in [0.2, 0.25) is 0 Å². The van der Waals surface area contributed by atoms with Gasteiger partial charge in [0.15, 0.2) is 0 Å². The minimum Gasteiger partial charge on any atom is -0.360 e. The molecule has 20 heavy (non-hydrogen) atoms. The quantitative estimate of drug-likeness (QED) is 0.735. The summed E-state index contributed by atoms with van der Waals surface area (Å²) >= 11 is 0. The van der Waals surface area contributed by atoms with E-state index in [1.165, 1.54) is 12.8 Å². The van der Waals surface area contributed by atoms with E-state index < -0.39 is 0 Å². The molecular formula is C16H21N3O. The molecule has 1 heterocycles. The predicted octanol–water partition coefficient (Wildman–Crippen LogP) is 2.56. The lowest BCUT2D eigenvalue weighted by atomic mass is 10.0.